The Kier molecular flexibility index (Phi) is 6.91. The van der Waals surface area contributed by atoms with Crippen molar-refractivity contribution in [3.05, 3.63) is 59.2 Å². The number of amides is 1. The van der Waals surface area contributed by atoms with E-state index in [0.29, 0.717) is 6.54 Å². The van der Waals surface area contributed by atoms with E-state index in [2.05, 4.69) is 63.8 Å². The minimum atomic E-state index is 0.0592. The first-order valence-electron chi connectivity index (χ1n) is 14.7. The Balaban J connectivity index is 1.18. The minimum Gasteiger partial charge on any atom is -0.372 e. The SMILES string of the molecule is CC1(C)CCN(C(=O)c2ccc(N3CCCC3)cc2)Cc2cc(N3CCN(C4CCCC4)CC3)ccc21. The minimum absolute atomic E-state index is 0.0592. The summed E-state index contributed by atoms with van der Waals surface area (Å²) in [5.74, 6) is 0.159. The van der Waals surface area contributed by atoms with Crippen molar-refractivity contribution >= 4 is 17.3 Å². The molecule has 3 aliphatic heterocycles. The van der Waals surface area contributed by atoms with Gasteiger partial charge >= 0.3 is 0 Å². The summed E-state index contributed by atoms with van der Waals surface area (Å²) in [5, 5.41) is 0. The fourth-order valence-electron chi connectivity index (χ4n) is 7.16. The molecule has 2 saturated heterocycles. The van der Waals surface area contributed by atoms with Crippen LogP contribution in [0.2, 0.25) is 0 Å². The van der Waals surface area contributed by atoms with Crippen LogP contribution in [-0.4, -0.2) is 67.6 Å². The summed E-state index contributed by atoms with van der Waals surface area (Å²) in [7, 11) is 0. The largest absolute Gasteiger partial charge is 0.372 e. The molecule has 0 aromatic heterocycles. The highest BCUT2D eigenvalue weighted by atomic mass is 16.2. The zero-order chi connectivity index (χ0) is 25.4. The second-order valence-corrected chi connectivity index (χ2v) is 12.4. The molecule has 3 heterocycles. The van der Waals surface area contributed by atoms with E-state index < -0.39 is 0 Å². The van der Waals surface area contributed by atoms with Gasteiger partial charge in [0.25, 0.3) is 5.91 Å². The van der Waals surface area contributed by atoms with E-state index in [9.17, 15) is 4.79 Å². The number of benzene rings is 2. The molecule has 1 aliphatic carbocycles. The molecule has 2 aromatic rings. The fourth-order valence-corrected chi connectivity index (χ4v) is 7.16. The van der Waals surface area contributed by atoms with E-state index in [-0.39, 0.29) is 11.3 Å². The zero-order valence-electron chi connectivity index (χ0n) is 22.9. The molecule has 4 aliphatic rings. The van der Waals surface area contributed by atoms with Crippen LogP contribution in [0.25, 0.3) is 0 Å². The normalized spacial score (nSPS) is 22.8. The summed E-state index contributed by atoms with van der Waals surface area (Å²) >= 11 is 0. The third-order valence-electron chi connectivity index (χ3n) is 9.58. The van der Waals surface area contributed by atoms with Gasteiger partial charge in [0.05, 0.1) is 0 Å². The lowest BCUT2D eigenvalue weighted by Crippen LogP contribution is -2.49. The van der Waals surface area contributed by atoms with Crippen molar-refractivity contribution in [2.75, 3.05) is 55.6 Å². The standard InChI is InChI=1S/C32H44N4O/c1-32(2)15-18-36(31(37)25-9-11-28(12-10-25)33-16-5-6-17-33)24-26-23-29(13-14-30(26)32)35-21-19-34(20-22-35)27-7-3-4-8-27/h9-14,23,27H,3-8,15-22,24H2,1-2H3. The first kappa shape index (κ1) is 24.8. The van der Waals surface area contributed by atoms with Crippen LogP contribution < -0.4 is 9.80 Å². The van der Waals surface area contributed by atoms with E-state index in [1.165, 1.54) is 74.1 Å². The Hall–Kier alpha value is -2.53. The Bertz CT molecular complexity index is 1090. The summed E-state index contributed by atoms with van der Waals surface area (Å²) in [5.41, 5.74) is 6.16. The number of rotatable bonds is 4. The summed E-state index contributed by atoms with van der Waals surface area (Å²) < 4.78 is 0. The number of anilines is 2. The molecule has 2 aromatic carbocycles. The lowest BCUT2D eigenvalue weighted by atomic mass is 9.80. The van der Waals surface area contributed by atoms with Gasteiger partial charge in [-0.2, -0.15) is 0 Å². The van der Waals surface area contributed by atoms with Crippen molar-refractivity contribution in [2.24, 2.45) is 0 Å². The highest BCUT2D eigenvalue weighted by Gasteiger charge is 2.32. The quantitative estimate of drug-likeness (QED) is 0.541. The smallest absolute Gasteiger partial charge is 0.254 e. The van der Waals surface area contributed by atoms with E-state index in [1.54, 1.807) is 0 Å². The molecule has 1 amide bonds. The Morgan fingerprint density at radius 2 is 1.41 bits per heavy atom. The average molecular weight is 501 g/mol. The van der Waals surface area contributed by atoms with Crippen molar-refractivity contribution < 1.29 is 4.79 Å². The van der Waals surface area contributed by atoms with Crippen LogP contribution in [0, 0.1) is 0 Å². The number of carbonyl (C=O) groups is 1. The number of nitrogens with zero attached hydrogens (tertiary/aromatic N) is 4. The summed E-state index contributed by atoms with van der Waals surface area (Å²) in [6.07, 6.45) is 9.10. The van der Waals surface area contributed by atoms with Crippen LogP contribution in [0.4, 0.5) is 11.4 Å². The fraction of sp³-hybridized carbons (Fsp3) is 0.594. The van der Waals surface area contributed by atoms with Crippen molar-refractivity contribution in [3.63, 3.8) is 0 Å². The number of hydrogen-bond donors (Lipinski definition) is 0. The molecule has 1 saturated carbocycles. The molecule has 3 fully saturated rings. The zero-order valence-corrected chi connectivity index (χ0v) is 22.9. The van der Waals surface area contributed by atoms with Crippen LogP contribution >= 0.6 is 0 Å². The average Bonchev–Trinajstić information content (AvgIpc) is 3.64. The summed E-state index contributed by atoms with van der Waals surface area (Å²) in [6.45, 7) is 13.0. The first-order chi connectivity index (χ1) is 18.0. The van der Waals surface area contributed by atoms with Gasteiger partial charge < -0.3 is 14.7 Å². The molecule has 37 heavy (non-hydrogen) atoms. The molecular weight excluding hydrogens is 456 g/mol. The van der Waals surface area contributed by atoms with E-state index >= 15 is 0 Å². The van der Waals surface area contributed by atoms with Gasteiger partial charge in [0.1, 0.15) is 0 Å². The van der Waals surface area contributed by atoms with Crippen molar-refractivity contribution in [3.8, 4) is 0 Å². The van der Waals surface area contributed by atoms with Crippen LogP contribution in [0.15, 0.2) is 42.5 Å². The summed E-state index contributed by atoms with van der Waals surface area (Å²) in [4.78, 5) is 23.4. The molecule has 0 radical (unpaired) electrons. The Morgan fingerprint density at radius 3 is 2.11 bits per heavy atom. The highest BCUT2D eigenvalue weighted by Crippen LogP contribution is 2.37. The Morgan fingerprint density at radius 1 is 0.757 bits per heavy atom. The van der Waals surface area contributed by atoms with Gasteiger partial charge in [0, 0.05) is 75.3 Å². The number of hydrogen-bond acceptors (Lipinski definition) is 4. The van der Waals surface area contributed by atoms with Gasteiger partial charge in [0.15, 0.2) is 0 Å². The molecular formula is C32H44N4O. The maximum absolute atomic E-state index is 13.7. The molecule has 5 heteroatoms. The lowest BCUT2D eigenvalue weighted by molar-refractivity contribution is 0.0740. The van der Waals surface area contributed by atoms with Gasteiger partial charge in [-0.05, 0) is 85.0 Å². The molecule has 5 nitrogen and oxygen atoms in total. The van der Waals surface area contributed by atoms with E-state index in [0.717, 1.165) is 50.7 Å². The molecule has 198 valence electrons. The second-order valence-electron chi connectivity index (χ2n) is 12.4. The summed E-state index contributed by atoms with van der Waals surface area (Å²) in [6, 6.07) is 16.2. The third-order valence-corrected chi connectivity index (χ3v) is 9.58. The molecule has 6 rings (SSSR count). The topological polar surface area (TPSA) is 30.0 Å². The predicted molar refractivity (Wildman–Crippen MR) is 153 cm³/mol. The van der Waals surface area contributed by atoms with E-state index in [1.807, 2.05) is 12.1 Å². The lowest BCUT2D eigenvalue weighted by Gasteiger charge is -2.39. The van der Waals surface area contributed by atoms with Crippen LogP contribution in [0.5, 0.6) is 0 Å². The van der Waals surface area contributed by atoms with Crippen LogP contribution in [-0.2, 0) is 12.0 Å². The van der Waals surface area contributed by atoms with Crippen LogP contribution in [0.3, 0.4) is 0 Å². The van der Waals surface area contributed by atoms with Crippen molar-refractivity contribution in [2.45, 2.75) is 76.8 Å². The third kappa shape index (κ3) is 5.12. The van der Waals surface area contributed by atoms with Gasteiger partial charge in [-0.25, -0.2) is 0 Å². The first-order valence-corrected chi connectivity index (χ1v) is 14.7. The van der Waals surface area contributed by atoms with Gasteiger partial charge in [0.2, 0.25) is 0 Å². The monoisotopic (exact) mass is 500 g/mol. The second kappa shape index (κ2) is 10.3. The number of fused-ring (bicyclic) bond motifs is 1. The van der Waals surface area contributed by atoms with Gasteiger partial charge in [-0.1, -0.05) is 32.8 Å². The molecule has 0 bridgehead atoms. The van der Waals surface area contributed by atoms with Crippen LogP contribution in [0.1, 0.15) is 80.3 Å². The predicted octanol–water partition coefficient (Wildman–Crippen LogP) is 5.68. The van der Waals surface area contributed by atoms with E-state index in [4.69, 9.17) is 0 Å². The van der Waals surface area contributed by atoms with Crippen molar-refractivity contribution in [1.29, 1.82) is 0 Å². The van der Waals surface area contributed by atoms with Crippen molar-refractivity contribution in [1.82, 2.24) is 9.80 Å². The molecule has 0 atom stereocenters. The molecule has 0 spiro atoms. The molecule has 0 unspecified atom stereocenters. The van der Waals surface area contributed by atoms with Gasteiger partial charge in [-0.3, -0.25) is 9.69 Å². The molecule has 0 N–H and O–H groups in total. The number of carbonyl (C=O) groups excluding carboxylic acids is 1. The highest BCUT2D eigenvalue weighted by molar-refractivity contribution is 5.94. The maximum Gasteiger partial charge on any atom is 0.254 e. The number of piperazine rings is 1. The maximum atomic E-state index is 13.7. The van der Waals surface area contributed by atoms with Gasteiger partial charge in [-0.15, -0.1) is 0 Å². The Labute approximate surface area is 223 Å².